The van der Waals surface area contributed by atoms with Crippen LogP contribution in [0.1, 0.15) is 17.2 Å². The number of fused-ring (bicyclic) bond motifs is 1. The van der Waals surface area contributed by atoms with E-state index in [1.165, 1.54) is 12.3 Å². The Kier molecular flexibility index (Phi) is 2.78. The normalized spacial score (nSPS) is 13.8. The van der Waals surface area contributed by atoms with E-state index in [2.05, 4.69) is 4.98 Å². The van der Waals surface area contributed by atoms with Gasteiger partial charge in [0.15, 0.2) is 0 Å². The number of hydrogen-bond acceptors (Lipinski definition) is 2. The summed E-state index contributed by atoms with van der Waals surface area (Å²) in [6.45, 7) is 0. The first-order valence-corrected chi connectivity index (χ1v) is 4.97. The maximum Gasteiger partial charge on any atom is 0.416 e. The number of aliphatic carboxylic acids is 1. The molecule has 1 unspecified atom stereocenters. The minimum absolute atomic E-state index is 0.205. The predicted octanol–water partition coefficient (Wildman–Crippen LogP) is 2.27. The summed E-state index contributed by atoms with van der Waals surface area (Å²) in [4.78, 5) is 13.3. The number of halogens is 3. The van der Waals surface area contributed by atoms with Gasteiger partial charge in [0.25, 0.3) is 0 Å². The summed E-state index contributed by atoms with van der Waals surface area (Å²) in [5, 5.41) is 9.15. The fraction of sp³-hybridized carbons (Fsp3) is 0.182. The summed E-state index contributed by atoms with van der Waals surface area (Å²) in [6, 6.07) is 1.77. The number of aromatic nitrogens is 1. The molecule has 0 saturated heterocycles. The first-order valence-electron chi connectivity index (χ1n) is 4.97. The molecule has 2 aromatic rings. The van der Waals surface area contributed by atoms with E-state index in [9.17, 15) is 18.0 Å². The molecule has 1 heterocycles. The van der Waals surface area contributed by atoms with Crippen molar-refractivity contribution in [3.05, 3.63) is 35.5 Å². The van der Waals surface area contributed by atoms with Gasteiger partial charge in [-0.1, -0.05) is 6.07 Å². The van der Waals surface area contributed by atoms with E-state index in [1.807, 2.05) is 0 Å². The zero-order chi connectivity index (χ0) is 13.5. The zero-order valence-corrected chi connectivity index (χ0v) is 8.95. The Morgan fingerprint density at radius 2 is 2.06 bits per heavy atom. The van der Waals surface area contributed by atoms with Crippen molar-refractivity contribution in [2.45, 2.75) is 12.2 Å². The maximum atomic E-state index is 12.5. The lowest BCUT2D eigenvalue weighted by atomic mass is 10.1. The number of rotatable bonds is 2. The van der Waals surface area contributed by atoms with Crippen LogP contribution in [0.4, 0.5) is 13.2 Å². The van der Waals surface area contributed by atoms with Crippen LogP contribution >= 0.6 is 0 Å². The molecule has 0 aliphatic rings. The lowest BCUT2D eigenvalue weighted by Crippen LogP contribution is -2.20. The van der Waals surface area contributed by atoms with Gasteiger partial charge in [-0.15, -0.1) is 0 Å². The monoisotopic (exact) mass is 258 g/mol. The number of nitrogens with one attached hydrogen (secondary N) is 1. The van der Waals surface area contributed by atoms with Crippen molar-refractivity contribution in [3.8, 4) is 0 Å². The number of carboxylic acids is 1. The largest absolute Gasteiger partial charge is 0.480 e. The van der Waals surface area contributed by atoms with Crippen LogP contribution < -0.4 is 5.73 Å². The number of nitrogens with two attached hydrogens (primary N) is 1. The number of alkyl halides is 3. The molecule has 7 heteroatoms. The molecule has 0 radical (unpaired) electrons. The summed E-state index contributed by atoms with van der Waals surface area (Å²) in [5.74, 6) is -1.24. The highest BCUT2D eigenvalue weighted by molar-refractivity contribution is 5.89. The number of aromatic amines is 1. The Labute approximate surface area is 99.2 Å². The highest BCUT2D eigenvalue weighted by atomic mass is 19.4. The molecule has 0 saturated carbocycles. The van der Waals surface area contributed by atoms with Gasteiger partial charge in [-0.3, -0.25) is 4.79 Å². The highest BCUT2D eigenvalue weighted by Gasteiger charge is 2.31. The van der Waals surface area contributed by atoms with Crippen molar-refractivity contribution in [3.63, 3.8) is 0 Å². The minimum Gasteiger partial charge on any atom is -0.480 e. The van der Waals surface area contributed by atoms with Crippen molar-refractivity contribution in [1.29, 1.82) is 0 Å². The zero-order valence-electron chi connectivity index (χ0n) is 8.95. The van der Waals surface area contributed by atoms with E-state index < -0.39 is 23.8 Å². The van der Waals surface area contributed by atoms with E-state index in [-0.39, 0.29) is 11.1 Å². The first-order chi connectivity index (χ1) is 8.30. The quantitative estimate of drug-likeness (QED) is 0.773. The van der Waals surface area contributed by atoms with Crippen molar-refractivity contribution in [2.24, 2.45) is 5.73 Å². The van der Waals surface area contributed by atoms with Gasteiger partial charge in [-0.05, 0) is 12.1 Å². The Morgan fingerprint density at radius 3 is 2.61 bits per heavy atom. The molecule has 4 N–H and O–H groups in total. The number of H-pyrrole nitrogens is 1. The second-order valence-corrected chi connectivity index (χ2v) is 3.82. The van der Waals surface area contributed by atoms with E-state index in [0.29, 0.717) is 5.39 Å². The molecule has 0 spiro atoms. The molecular formula is C11H9F3N2O2. The summed E-state index contributed by atoms with van der Waals surface area (Å²) >= 11 is 0. The van der Waals surface area contributed by atoms with Crippen LogP contribution in [0.2, 0.25) is 0 Å². The Bertz CT molecular complexity index is 604. The third-order valence-electron chi connectivity index (χ3n) is 2.64. The number of hydrogen-bond donors (Lipinski definition) is 3. The molecule has 0 aliphatic carbocycles. The number of benzene rings is 1. The molecule has 2 rings (SSSR count). The lowest BCUT2D eigenvalue weighted by Gasteiger charge is -2.07. The lowest BCUT2D eigenvalue weighted by molar-refractivity contribution is -0.139. The summed E-state index contributed by atoms with van der Waals surface area (Å²) in [6.07, 6.45) is -3.13. The van der Waals surface area contributed by atoms with Gasteiger partial charge in [0, 0.05) is 22.7 Å². The van der Waals surface area contributed by atoms with Gasteiger partial charge >= 0.3 is 12.1 Å². The van der Waals surface area contributed by atoms with E-state index >= 15 is 0 Å². The predicted molar refractivity (Wildman–Crippen MR) is 57.9 cm³/mol. The Morgan fingerprint density at radius 1 is 1.39 bits per heavy atom. The Hall–Kier alpha value is -2.02. The van der Waals surface area contributed by atoms with Crippen LogP contribution in [0.15, 0.2) is 24.4 Å². The molecule has 0 amide bonds. The molecule has 0 fully saturated rings. The third kappa shape index (κ3) is 2.04. The van der Waals surface area contributed by atoms with Crippen LogP contribution in [0.3, 0.4) is 0 Å². The maximum absolute atomic E-state index is 12.5. The molecular weight excluding hydrogens is 249 g/mol. The average Bonchev–Trinajstić information content (AvgIpc) is 2.69. The van der Waals surface area contributed by atoms with Crippen LogP contribution in [0, 0.1) is 0 Å². The molecule has 0 aliphatic heterocycles. The van der Waals surface area contributed by atoms with Crippen LogP contribution in [-0.4, -0.2) is 16.1 Å². The SMILES string of the molecule is NC(C(=O)O)c1c[nH]c2cc(C(F)(F)F)ccc12. The minimum atomic E-state index is -4.44. The topological polar surface area (TPSA) is 79.1 Å². The standard InChI is InChI=1S/C11H9F3N2O2/c12-11(13,14)5-1-2-6-7(9(15)10(17)18)4-16-8(6)3-5/h1-4,9,16H,15H2,(H,17,18). The second-order valence-electron chi connectivity index (χ2n) is 3.82. The van der Waals surface area contributed by atoms with Crippen LogP contribution in [0.5, 0.6) is 0 Å². The summed E-state index contributed by atoms with van der Waals surface area (Å²) in [7, 11) is 0. The van der Waals surface area contributed by atoms with Gasteiger partial charge in [0.2, 0.25) is 0 Å². The van der Waals surface area contributed by atoms with Crippen molar-refractivity contribution in [1.82, 2.24) is 4.98 Å². The highest BCUT2D eigenvalue weighted by Crippen LogP contribution is 2.32. The summed E-state index contributed by atoms with van der Waals surface area (Å²) < 4.78 is 37.4. The van der Waals surface area contributed by atoms with Gasteiger partial charge in [-0.25, -0.2) is 0 Å². The second kappa shape index (κ2) is 4.02. The first kappa shape index (κ1) is 12.4. The smallest absolute Gasteiger partial charge is 0.416 e. The van der Waals surface area contributed by atoms with E-state index in [0.717, 1.165) is 12.1 Å². The van der Waals surface area contributed by atoms with Crippen LogP contribution in [0.25, 0.3) is 10.9 Å². The molecule has 1 aromatic carbocycles. The van der Waals surface area contributed by atoms with E-state index in [4.69, 9.17) is 10.8 Å². The molecule has 1 aromatic heterocycles. The van der Waals surface area contributed by atoms with Crippen molar-refractivity contribution < 1.29 is 23.1 Å². The summed E-state index contributed by atoms with van der Waals surface area (Å²) in [5.41, 5.74) is 5.09. The third-order valence-corrected chi connectivity index (χ3v) is 2.64. The van der Waals surface area contributed by atoms with E-state index in [1.54, 1.807) is 0 Å². The van der Waals surface area contributed by atoms with Gasteiger partial charge in [0.1, 0.15) is 6.04 Å². The number of carbonyl (C=O) groups is 1. The van der Waals surface area contributed by atoms with Gasteiger partial charge in [0.05, 0.1) is 5.56 Å². The molecule has 0 bridgehead atoms. The molecule has 1 atom stereocenters. The Balaban J connectivity index is 2.54. The van der Waals surface area contributed by atoms with Gasteiger partial charge in [-0.2, -0.15) is 13.2 Å². The average molecular weight is 258 g/mol. The fourth-order valence-corrected chi connectivity index (χ4v) is 1.72. The van der Waals surface area contributed by atoms with Gasteiger partial charge < -0.3 is 15.8 Å². The van der Waals surface area contributed by atoms with Crippen molar-refractivity contribution in [2.75, 3.05) is 0 Å². The number of carboxylic acid groups (broad SMARTS) is 1. The molecule has 18 heavy (non-hydrogen) atoms. The van der Waals surface area contributed by atoms with Crippen LogP contribution in [-0.2, 0) is 11.0 Å². The van der Waals surface area contributed by atoms with Crippen molar-refractivity contribution >= 4 is 16.9 Å². The fourth-order valence-electron chi connectivity index (χ4n) is 1.72. The molecule has 4 nitrogen and oxygen atoms in total. The molecule has 96 valence electrons.